The lowest BCUT2D eigenvalue weighted by atomic mass is 10.1. The summed E-state index contributed by atoms with van der Waals surface area (Å²) in [6, 6.07) is 15.8. The van der Waals surface area contributed by atoms with Gasteiger partial charge in [-0.25, -0.2) is 0 Å². The molecule has 0 aromatic heterocycles. The minimum absolute atomic E-state index is 0.00323. The average Bonchev–Trinajstić information content (AvgIpc) is 2.76. The molecule has 0 saturated heterocycles. The number of aryl methyl sites for hydroxylation is 1. The van der Waals surface area contributed by atoms with Crippen LogP contribution in [-0.2, 0) is 21.9 Å². The highest BCUT2D eigenvalue weighted by atomic mass is 79.9. The van der Waals surface area contributed by atoms with E-state index in [9.17, 15) is 9.59 Å². The fraction of sp³-hybridized carbons (Fsp3) is 0.440. The summed E-state index contributed by atoms with van der Waals surface area (Å²) < 4.78 is 1.04. The van der Waals surface area contributed by atoms with Crippen molar-refractivity contribution in [1.29, 1.82) is 0 Å². The Kier molecular flexibility index (Phi) is 10.6. The fourth-order valence-corrected chi connectivity index (χ4v) is 4.39. The van der Waals surface area contributed by atoms with E-state index in [1.165, 1.54) is 5.56 Å². The Morgan fingerprint density at radius 2 is 1.74 bits per heavy atom. The maximum absolute atomic E-state index is 13.3. The summed E-state index contributed by atoms with van der Waals surface area (Å²) in [5, 5.41) is 3.06. The number of amides is 2. The summed E-state index contributed by atoms with van der Waals surface area (Å²) >= 11 is 5.03. The van der Waals surface area contributed by atoms with Crippen molar-refractivity contribution in [3.05, 3.63) is 69.7 Å². The van der Waals surface area contributed by atoms with Gasteiger partial charge < -0.3 is 10.2 Å². The lowest BCUT2D eigenvalue weighted by Gasteiger charge is -2.32. The molecule has 0 aliphatic heterocycles. The summed E-state index contributed by atoms with van der Waals surface area (Å²) in [5.74, 6) is 1.02. The monoisotopic (exact) mass is 504 g/mol. The van der Waals surface area contributed by atoms with E-state index in [4.69, 9.17) is 0 Å². The quantitative estimate of drug-likeness (QED) is 0.426. The second-order valence-corrected chi connectivity index (χ2v) is 9.71. The summed E-state index contributed by atoms with van der Waals surface area (Å²) in [7, 11) is 0. The van der Waals surface area contributed by atoms with E-state index in [0.29, 0.717) is 18.7 Å². The standard InChI is InChI=1S/C25H33BrN2O2S/c1-5-19(4)27-25(30)23(6-2)28(15-21-10-8-7-9-18(21)3)24(29)17-31-16-20-11-13-22(26)14-12-20/h7-14,19,23H,5-6,15-17H2,1-4H3,(H,27,30)/t19-,23-/m1/s1. The first-order valence-corrected chi connectivity index (χ1v) is 12.8. The van der Waals surface area contributed by atoms with Gasteiger partial charge in [-0.2, -0.15) is 0 Å². The second kappa shape index (κ2) is 12.9. The minimum atomic E-state index is -0.477. The number of rotatable bonds is 11. The predicted molar refractivity (Wildman–Crippen MR) is 134 cm³/mol. The number of halogens is 1. The van der Waals surface area contributed by atoms with Gasteiger partial charge in [0.25, 0.3) is 0 Å². The molecule has 2 aromatic rings. The number of carbonyl (C=O) groups excluding carboxylic acids is 2. The molecule has 2 rings (SSSR count). The molecule has 0 aliphatic carbocycles. The van der Waals surface area contributed by atoms with E-state index in [2.05, 4.69) is 33.4 Å². The van der Waals surface area contributed by atoms with Crippen LogP contribution in [0.5, 0.6) is 0 Å². The Morgan fingerprint density at radius 1 is 1.06 bits per heavy atom. The predicted octanol–water partition coefficient (Wildman–Crippen LogP) is 5.71. The van der Waals surface area contributed by atoms with Crippen LogP contribution in [0.15, 0.2) is 53.0 Å². The molecule has 2 aromatic carbocycles. The van der Waals surface area contributed by atoms with Crippen molar-refractivity contribution in [2.45, 2.75) is 64.9 Å². The Balaban J connectivity index is 2.14. The van der Waals surface area contributed by atoms with Gasteiger partial charge in [0, 0.05) is 22.8 Å². The molecule has 0 unspecified atom stereocenters. The maximum atomic E-state index is 13.3. The Hall–Kier alpha value is -1.79. The van der Waals surface area contributed by atoms with Crippen LogP contribution in [0.2, 0.25) is 0 Å². The van der Waals surface area contributed by atoms with Gasteiger partial charge in [-0.05, 0) is 55.5 Å². The van der Waals surface area contributed by atoms with Crippen molar-refractivity contribution in [2.75, 3.05) is 5.75 Å². The normalized spacial score (nSPS) is 12.8. The molecule has 0 radical (unpaired) electrons. The molecule has 0 saturated carbocycles. The number of nitrogens with one attached hydrogen (secondary N) is 1. The number of thioether (sulfide) groups is 1. The summed E-state index contributed by atoms with van der Waals surface area (Å²) in [5.41, 5.74) is 3.37. The van der Waals surface area contributed by atoms with Gasteiger partial charge in [-0.1, -0.05) is 66.2 Å². The number of nitrogens with zero attached hydrogens (tertiary/aromatic N) is 1. The van der Waals surface area contributed by atoms with Gasteiger partial charge in [0.2, 0.25) is 11.8 Å². The van der Waals surface area contributed by atoms with E-state index < -0.39 is 6.04 Å². The first-order chi connectivity index (χ1) is 14.8. The van der Waals surface area contributed by atoms with Crippen LogP contribution in [0.4, 0.5) is 0 Å². The molecule has 0 aliphatic rings. The molecule has 0 fully saturated rings. The van der Waals surface area contributed by atoms with Gasteiger partial charge >= 0.3 is 0 Å². The van der Waals surface area contributed by atoms with Crippen LogP contribution in [0.1, 0.15) is 50.3 Å². The van der Waals surface area contributed by atoms with Gasteiger partial charge in [-0.3, -0.25) is 9.59 Å². The van der Waals surface area contributed by atoms with Crippen molar-refractivity contribution in [1.82, 2.24) is 10.2 Å². The molecule has 168 valence electrons. The number of hydrogen-bond donors (Lipinski definition) is 1. The first-order valence-electron chi connectivity index (χ1n) is 10.8. The molecule has 6 heteroatoms. The first kappa shape index (κ1) is 25.5. The van der Waals surface area contributed by atoms with E-state index >= 15 is 0 Å². The second-order valence-electron chi connectivity index (χ2n) is 7.81. The van der Waals surface area contributed by atoms with Gasteiger partial charge in [0.1, 0.15) is 6.04 Å². The van der Waals surface area contributed by atoms with Crippen LogP contribution in [-0.4, -0.2) is 34.6 Å². The molecule has 31 heavy (non-hydrogen) atoms. The van der Waals surface area contributed by atoms with Crippen LogP contribution < -0.4 is 5.32 Å². The van der Waals surface area contributed by atoms with Crippen LogP contribution in [0.3, 0.4) is 0 Å². The molecule has 4 nitrogen and oxygen atoms in total. The molecule has 1 N–H and O–H groups in total. The Bertz CT molecular complexity index is 857. The molecular formula is C25H33BrN2O2S. The van der Waals surface area contributed by atoms with Crippen molar-refractivity contribution in [3.63, 3.8) is 0 Å². The van der Waals surface area contributed by atoms with E-state index in [1.807, 2.05) is 64.1 Å². The highest BCUT2D eigenvalue weighted by Gasteiger charge is 2.29. The van der Waals surface area contributed by atoms with E-state index in [0.717, 1.165) is 27.8 Å². The van der Waals surface area contributed by atoms with Gasteiger partial charge in [0.05, 0.1) is 5.75 Å². The number of benzene rings is 2. The molecule has 2 amide bonds. The topological polar surface area (TPSA) is 49.4 Å². The maximum Gasteiger partial charge on any atom is 0.243 e. The molecule has 2 atom stereocenters. The van der Waals surface area contributed by atoms with E-state index in [1.54, 1.807) is 16.7 Å². The largest absolute Gasteiger partial charge is 0.352 e. The Labute approximate surface area is 199 Å². The van der Waals surface area contributed by atoms with Crippen molar-refractivity contribution in [3.8, 4) is 0 Å². The van der Waals surface area contributed by atoms with Gasteiger partial charge in [0.15, 0.2) is 0 Å². The minimum Gasteiger partial charge on any atom is -0.352 e. The van der Waals surface area contributed by atoms with Crippen LogP contribution >= 0.6 is 27.7 Å². The summed E-state index contributed by atoms with van der Waals surface area (Å²) in [6.45, 7) is 8.48. The van der Waals surface area contributed by atoms with Crippen molar-refractivity contribution in [2.24, 2.45) is 0 Å². The van der Waals surface area contributed by atoms with Crippen LogP contribution in [0.25, 0.3) is 0 Å². The Morgan fingerprint density at radius 3 is 2.35 bits per heavy atom. The van der Waals surface area contributed by atoms with E-state index in [-0.39, 0.29) is 17.9 Å². The van der Waals surface area contributed by atoms with Gasteiger partial charge in [-0.15, -0.1) is 11.8 Å². The summed E-state index contributed by atoms with van der Waals surface area (Å²) in [6.07, 6.45) is 1.44. The highest BCUT2D eigenvalue weighted by Crippen LogP contribution is 2.20. The zero-order valence-corrected chi connectivity index (χ0v) is 21.3. The van der Waals surface area contributed by atoms with Crippen molar-refractivity contribution < 1.29 is 9.59 Å². The third-order valence-corrected chi connectivity index (χ3v) is 6.91. The SMILES string of the molecule is CC[C@@H](C)NC(=O)[C@@H](CC)N(Cc1ccccc1C)C(=O)CSCc1ccc(Br)cc1. The highest BCUT2D eigenvalue weighted by molar-refractivity contribution is 9.10. The lowest BCUT2D eigenvalue weighted by Crippen LogP contribution is -2.51. The number of carbonyl (C=O) groups is 2. The molecule has 0 spiro atoms. The molecular weight excluding hydrogens is 472 g/mol. The fourth-order valence-electron chi connectivity index (χ4n) is 3.25. The third-order valence-electron chi connectivity index (χ3n) is 5.40. The van der Waals surface area contributed by atoms with Crippen molar-refractivity contribution >= 4 is 39.5 Å². The number of hydrogen-bond acceptors (Lipinski definition) is 3. The average molecular weight is 506 g/mol. The molecule has 0 bridgehead atoms. The third kappa shape index (κ3) is 8.00. The zero-order valence-electron chi connectivity index (χ0n) is 18.9. The molecule has 0 heterocycles. The lowest BCUT2D eigenvalue weighted by molar-refractivity contribution is -0.139. The zero-order chi connectivity index (χ0) is 22.8. The smallest absolute Gasteiger partial charge is 0.243 e. The van der Waals surface area contributed by atoms with Crippen LogP contribution in [0, 0.1) is 6.92 Å². The summed E-state index contributed by atoms with van der Waals surface area (Å²) in [4.78, 5) is 28.0.